The van der Waals surface area contributed by atoms with Crippen LogP contribution in [-0.2, 0) is 0 Å². The van der Waals surface area contributed by atoms with Crippen LogP contribution in [0.4, 0.5) is 5.69 Å². The fourth-order valence-corrected chi connectivity index (χ4v) is 2.46. The van der Waals surface area contributed by atoms with Gasteiger partial charge >= 0.3 is 0 Å². The van der Waals surface area contributed by atoms with Crippen LogP contribution in [0.1, 0.15) is 38.3 Å². The minimum absolute atomic E-state index is 0.793. The van der Waals surface area contributed by atoms with Gasteiger partial charge in [-0.05, 0) is 31.0 Å². The summed E-state index contributed by atoms with van der Waals surface area (Å²) in [6.07, 6.45) is 1.27. The highest BCUT2D eigenvalue weighted by molar-refractivity contribution is 6.13. The van der Waals surface area contributed by atoms with E-state index >= 15 is 0 Å². The van der Waals surface area contributed by atoms with E-state index in [0.717, 1.165) is 18.6 Å². The van der Waals surface area contributed by atoms with Crippen molar-refractivity contribution in [1.82, 2.24) is 0 Å². The summed E-state index contributed by atoms with van der Waals surface area (Å²) in [5.74, 6) is 0. The minimum atomic E-state index is 0.793. The summed E-state index contributed by atoms with van der Waals surface area (Å²) in [5, 5.41) is 0. The maximum atomic E-state index is 2.45. The first-order valence-corrected chi connectivity index (χ1v) is 7.23. The first kappa shape index (κ1) is 12.3. The molecule has 1 rings (SSSR count). The highest BCUT2D eigenvalue weighted by Gasteiger charge is 2.11. The van der Waals surface area contributed by atoms with Gasteiger partial charge < -0.3 is 4.90 Å². The Hall–Kier alpha value is -0.763. The SMILES string of the molecule is CCC([SiH3])c1ccccc1N(CC)CC. The molecule has 0 fully saturated rings. The molecule has 0 saturated carbocycles. The molecule has 0 aromatic heterocycles. The summed E-state index contributed by atoms with van der Waals surface area (Å²) in [7, 11) is 1.25. The Balaban J connectivity index is 3.04. The van der Waals surface area contributed by atoms with Crippen LogP contribution >= 0.6 is 0 Å². The van der Waals surface area contributed by atoms with E-state index in [1.54, 1.807) is 5.56 Å². The lowest BCUT2D eigenvalue weighted by Crippen LogP contribution is -2.23. The molecule has 0 radical (unpaired) electrons. The Bertz CT molecular complexity index is 294. The number of nitrogens with zero attached hydrogens (tertiary/aromatic N) is 1. The molecule has 0 aliphatic rings. The average molecular weight is 221 g/mol. The van der Waals surface area contributed by atoms with E-state index in [2.05, 4.69) is 49.9 Å². The maximum absolute atomic E-state index is 2.45. The average Bonchev–Trinajstić information content (AvgIpc) is 2.30. The zero-order chi connectivity index (χ0) is 11.3. The molecule has 0 aliphatic heterocycles. The van der Waals surface area contributed by atoms with E-state index in [1.165, 1.54) is 22.4 Å². The summed E-state index contributed by atoms with van der Waals surface area (Å²) in [5.41, 5.74) is 3.79. The van der Waals surface area contributed by atoms with Gasteiger partial charge in [0, 0.05) is 29.0 Å². The number of anilines is 1. The number of benzene rings is 1. The topological polar surface area (TPSA) is 3.24 Å². The fraction of sp³-hybridized carbons (Fsp3) is 0.538. The number of rotatable bonds is 5. The van der Waals surface area contributed by atoms with E-state index < -0.39 is 0 Å². The van der Waals surface area contributed by atoms with Crippen LogP contribution in [0, 0.1) is 0 Å². The van der Waals surface area contributed by atoms with Crippen molar-refractivity contribution in [3.8, 4) is 0 Å². The molecule has 1 unspecified atom stereocenters. The van der Waals surface area contributed by atoms with Gasteiger partial charge in [-0.1, -0.05) is 31.5 Å². The second kappa shape index (κ2) is 5.96. The third kappa shape index (κ3) is 2.85. The Morgan fingerprint density at radius 1 is 1.13 bits per heavy atom. The molecular weight excluding hydrogens is 198 g/mol. The molecule has 0 saturated heterocycles. The predicted molar refractivity (Wildman–Crippen MR) is 73.0 cm³/mol. The molecule has 0 bridgehead atoms. The second-order valence-electron chi connectivity index (χ2n) is 4.04. The zero-order valence-electron chi connectivity index (χ0n) is 10.5. The summed E-state index contributed by atoms with van der Waals surface area (Å²) in [6, 6.07) is 8.89. The Morgan fingerprint density at radius 2 is 1.73 bits per heavy atom. The quantitative estimate of drug-likeness (QED) is 0.690. The van der Waals surface area contributed by atoms with Crippen LogP contribution in [-0.4, -0.2) is 23.3 Å². The molecule has 1 nitrogen and oxygen atoms in total. The van der Waals surface area contributed by atoms with Crippen LogP contribution in [0.5, 0.6) is 0 Å². The molecule has 1 aromatic carbocycles. The Labute approximate surface area is 96.9 Å². The molecule has 0 heterocycles. The lowest BCUT2D eigenvalue weighted by molar-refractivity contribution is 0.829. The third-order valence-electron chi connectivity index (χ3n) is 3.18. The smallest absolute Gasteiger partial charge is 0.0398 e. The summed E-state index contributed by atoms with van der Waals surface area (Å²) >= 11 is 0. The van der Waals surface area contributed by atoms with Crippen molar-refractivity contribution in [3.63, 3.8) is 0 Å². The van der Waals surface area contributed by atoms with Gasteiger partial charge in [0.2, 0.25) is 0 Å². The Kier molecular flexibility index (Phi) is 4.89. The van der Waals surface area contributed by atoms with Crippen molar-refractivity contribution in [2.24, 2.45) is 0 Å². The van der Waals surface area contributed by atoms with Gasteiger partial charge in [0.25, 0.3) is 0 Å². The maximum Gasteiger partial charge on any atom is 0.0398 e. The van der Waals surface area contributed by atoms with E-state index in [1.807, 2.05) is 0 Å². The fourth-order valence-electron chi connectivity index (χ4n) is 1.98. The van der Waals surface area contributed by atoms with E-state index in [9.17, 15) is 0 Å². The van der Waals surface area contributed by atoms with Crippen molar-refractivity contribution in [2.75, 3.05) is 18.0 Å². The third-order valence-corrected chi connectivity index (χ3v) is 4.62. The van der Waals surface area contributed by atoms with Crippen molar-refractivity contribution in [1.29, 1.82) is 0 Å². The van der Waals surface area contributed by atoms with Gasteiger partial charge in [0.05, 0.1) is 0 Å². The van der Waals surface area contributed by atoms with Crippen LogP contribution in [0.3, 0.4) is 0 Å². The number of hydrogen-bond donors (Lipinski definition) is 0. The summed E-state index contributed by atoms with van der Waals surface area (Å²) in [4.78, 5) is 2.45. The van der Waals surface area contributed by atoms with Crippen LogP contribution in [0.15, 0.2) is 24.3 Å². The number of hydrogen-bond acceptors (Lipinski definition) is 1. The van der Waals surface area contributed by atoms with E-state index in [4.69, 9.17) is 0 Å². The zero-order valence-corrected chi connectivity index (χ0v) is 12.5. The van der Waals surface area contributed by atoms with Crippen molar-refractivity contribution in [2.45, 2.75) is 32.7 Å². The minimum Gasteiger partial charge on any atom is -0.372 e. The van der Waals surface area contributed by atoms with Gasteiger partial charge in [-0.15, -0.1) is 0 Å². The molecule has 1 aromatic rings. The van der Waals surface area contributed by atoms with Crippen LogP contribution < -0.4 is 4.90 Å². The lowest BCUT2D eigenvalue weighted by atomic mass is 10.1. The van der Waals surface area contributed by atoms with Gasteiger partial charge in [-0.2, -0.15) is 0 Å². The molecule has 0 spiro atoms. The molecular formula is C13H23NSi. The van der Waals surface area contributed by atoms with Crippen LogP contribution in [0.2, 0.25) is 0 Å². The first-order valence-electron chi connectivity index (χ1n) is 6.08. The monoisotopic (exact) mass is 221 g/mol. The molecule has 0 N–H and O–H groups in total. The molecule has 0 aliphatic carbocycles. The second-order valence-corrected chi connectivity index (χ2v) is 5.43. The van der Waals surface area contributed by atoms with Crippen molar-refractivity contribution in [3.05, 3.63) is 29.8 Å². The standard InChI is InChI=1S/C13H23NSi/c1-4-13(15)11-9-7-8-10-12(11)14(5-2)6-3/h7-10,13H,4-6H2,1-3,15H3. The van der Waals surface area contributed by atoms with Gasteiger partial charge in [-0.3, -0.25) is 0 Å². The van der Waals surface area contributed by atoms with Gasteiger partial charge in [-0.25, -0.2) is 0 Å². The molecule has 15 heavy (non-hydrogen) atoms. The lowest BCUT2D eigenvalue weighted by Gasteiger charge is -2.26. The predicted octanol–water partition coefficient (Wildman–Crippen LogP) is 2.35. The van der Waals surface area contributed by atoms with Crippen molar-refractivity contribution >= 4 is 15.9 Å². The molecule has 84 valence electrons. The highest BCUT2D eigenvalue weighted by atomic mass is 28.1. The summed E-state index contributed by atoms with van der Waals surface area (Å²) in [6.45, 7) is 8.95. The van der Waals surface area contributed by atoms with Gasteiger partial charge in [0.1, 0.15) is 0 Å². The first-order chi connectivity index (χ1) is 7.24. The normalized spacial score (nSPS) is 12.7. The van der Waals surface area contributed by atoms with E-state index in [0.29, 0.717) is 0 Å². The van der Waals surface area contributed by atoms with Gasteiger partial charge in [0.15, 0.2) is 0 Å². The van der Waals surface area contributed by atoms with E-state index in [-0.39, 0.29) is 0 Å². The number of para-hydroxylation sites is 1. The molecule has 1 atom stereocenters. The van der Waals surface area contributed by atoms with Crippen molar-refractivity contribution < 1.29 is 0 Å². The Morgan fingerprint density at radius 3 is 2.27 bits per heavy atom. The summed E-state index contributed by atoms with van der Waals surface area (Å²) < 4.78 is 0. The van der Waals surface area contributed by atoms with Crippen LogP contribution in [0.25, 0.3) is 0 Å². The largest absolute Gasteiger partial charge is 0.372 e. The highest BCUT2D eigenvalue weighted by Crippen LogP contribution is 2.27. The molecule has 0 amide bonds. The molecule has 2 heteroatoms.